The summed E-state index contributed by atoms with van der Waals surface area (Å²) in [5.41, 5.74) is 2.69. The molecule has 0 aliphatic rings. The van der Waals surface area contributed by atoms with E-state index in [-0.39, 0.29) is 0 Å². The van der Waals surface area contributed by atoms with Crippen molar-refractivity contribution in [1.29, 1.82) is 0 Å². The third-order valence-corrected chi connectivity index (χ3v) is 2.76. The van der Waals surface area contributed by atoms with Gasteiger partial charge in [-0.3, -0.25) is 0 Å². The van der Waals surface area contributed by atoms with Crippen molar-refractivity contribution >= 4 is 23.2 Å². The fourth-order valence-electron chi connectivity index (χ4n) is 1.38. The van der Waals surface area contributed by atoms with Gasteiger partial charge in [-0.15, -0.1) is 11.6 Å². The van der Waals surface area contributed by atoms with E-state index in [1.807, 2.05) is 31.2 Å². The van der Waals surface area contributed by atoms with Crippen molar-refractivity contribution < 1.29 is 4.52 Å². The van der Waals surface area contributed by atoms with Crippen LogP contribution in [-0.2, 0) is 5.88 Å². The van der Waals surface area contributed by atoms with Crippen LogP contribution in [0.15, 0.2) is 28.8 Å². The maximum atomic E-state index is 5.83. The van der Waals surface area contributed by atoms with Crippen molar-refractivity contribution in [2.75, 3.05) is 0 Å². The summed E-state index contributed by atoms with van der Waals surface area (Å²) in [5.74, 6) is 1.16. The number of aromatic nitrogens is 1. The lowest BCUT2D eigenvalue weighted by Gasteiger charge is -1.98. The SMILES string of the molecule is Cc1onc(-c2ccc(Cl)cc2)c1CCl. The molecule has 0 radical (unpaired) electrons. The van der Waals surface area contributed by atoms with Gasteiger partial charge in [0.2, 0.25) is 0 Å². The van der Waals surface area contributed by atoms with Crippen LogP contribution in [0.5, 0.6) is 0 Å². The smallest absolute Gasteiger partial charge is 0.138 e. The number of hydrogen-bond acceptors (Lipinski definition) is 2. The molecular weight excluding hydrogens is 233 g/mol. The van der Waals surface area contributed by atoms with Gasteiger partial charge in [0.05, 0.1) is 5.88 Å². The van der Waals surface area contributed by atoms with Crippen LogP contribution in [0.3, 0.4) is 0 Å². The molecule has 0 N–H and O–H groups in total. The Hall–Kier alpha value is -0.990. The van der Waals surface area contributed by atoms with Crippen molar-refractivity contribution in [3.8, 4) is 11.3 Å². The molecule has 2 nitrogen and oxygen atoms in total. The van der Waals surface area contributed by atoms with Gasteiger partial charge in [0, 0.05) is 16.1 Å². The minimum atomic E-state index is 0.396. The molecule has 1 aromatic heterocycles. The monoisotopic (exact) mass is 241 g/mol. The van der Waals surface area contributed by atoms with Gasteiger partial charge >= 0.3 is 0 Å². The number of nitrogens with zero attached hydrogens (tertiary/aromatic N) is 1. The summed E-state index contributed by atoms with van der Waals surface area (Å²) < 4.78 is 5.10. The second kappa shape index (κ2) is 4.25. The highest BCUT2D eigenvalue weighted by molar-refractivity contribution is 6.30. The summed E-state index contributed by atoms with van der Waals surface area (Å²) in [7, 11) is 0. The zero-order valence-corrected chi connectivity index (χ0v) is 9.64. The summed E-state index contributed by atoms with van der Waals surface area (Å²) >= 11 is 11.6. The number of rotatable bonds is 2. The molecule has 4 heteroatoms. The molecule has 2 rings (SSSR count). The zero-order chi connectivity index (χ0) is 10.8. The third kappa shape index (κ3) is 2.01. The standard InChI is InChI=1S/C11H9Cl2NO/c1-7-10(6-12)11(14-15-7)8-2-4-9(13)5-3-8/h2-5H,6H2,1H3. The topological polar surface area (TPSA) is 26.0 Å². The first kappa shape index (κ1) is 10.5. The van der Waals surface area contributed by atoms with E-state index in [1.54, 1.807) is 0 Å². The molecule has 15 heavy (non-hydrogen) atoms. The van der Waals surface area contributed by atoms with E-state index in [0.717, 1.165) is 22.6 Å². The summed E-state index contributed by atoms with van der Waals surface area (Å²) in [5, 5.41) is 4.68. The largest absolute Gasteiger partial charge is 0.361 e. The van der Waals surface area contributed by atoms with Crippen LogP contribution >= 0.6 is 23.2 Å². The first-order chi connectivity index (χ1) is 7.22. The Bertz CT molecular complexity index is 462. The van der Waals surface area contributed by atoms with Crippen molar-refractivity contribution in [2.45, 2.75) is 12.8 Å². The van der Waals surface area contributed by atoms with Gasteiger partial charge in [-0.1, -0.05) is 28.9 Å². The average Bonchev–Trinajstić information content (AvgIpc) is 2.61. The van der Waals surface area contributed by atoms with Crippen LogP contribution in [0.1, 0.15) is 11.3 Å². The molecule has 0 spiro atoms. The van der Waals surface area contributed by atoms with Gasteiger partial charge in [-0.2, -0.15) is 0 Å². The maximum absolute atomic E-state index is 5.83. The maximum Gasteiger partial charge on any atom is 0.138 e. The van der Waals surface area contributed by atoms with Crippen LogP contribution < -0.4 is 0 Å². The minimum absolute atomic E-state index is 0.396. The molecule has 0 aliphatic carbocycles. The number of aryl methyl sites for hydroxylation is 1. The van der Waals surface area contributed by atoms with Crippen LogP contribution in [0.4, 0.5) is 0 Å². The fraction of sp³-hybridized carbons (Fsp3) is 0.182. The summed E-state index contributed by atoms with van der Waals surface area (Å²) in [6, 6.07) is 7.43. The molecule has 0 aliphatic heterocycles. The highest BCUT2D eigenvalue weighted by atomic mass is 35.5. The van der Waals surface area contributed by atoms with Crippen LogP contribution in [-0.4, -0.2) is 5.16 Å². The second-order valence-corrected chi connectivity index (χ2v) is 3.91. The Balaban J connectivity index is 2.49. The van der Waals surface area contributed by atoms with Gasteiger partial charge in [0.1, 0.15) is 11.5 Å². The molecule has 0 saturated carbocycles. The van der Waals surface area contributed by atoms with E-state index in [2.05, 4.69) is 5.16 Å². The van der Waals surface area contributed by atoms with E-state index in [4.69, 9.17) is 27.7 Å². The lowest BCUT2D eigenvalue weighted by molar-refractivity contribution is 0.398. The van der Waals surface area contributed by atoms with Crippen LogP contribution in [0, 0.1) is 6.92 Å². The Morgan fingerprint density at radius 2 is 1.93 bits per heavy atom. The summed E-state index contributed by atoms with van der Waals surface area (Å²) in [6.07, 6.45) is 0. The third-order valence-electron chi connectivity index (χ3n) is 2.24. The van der Waals surface area contributed by atoms with Crippen molar-refractivity contribution in [2.24, 2.45) is 0 Å². The molecule has 0 bridgehead atoms. The van der Waals surface area contributed by atoms with Crippen molar-refractivity contribution in [3.05, 3.63) is 40.6 Å². The Kier molecular flexibility index (Phi) is 2.98. The minimum Gasteiger partial charge on any atom is -0.361 e. The van der Waals surface area contributed by atoms with E-state index < -0.39 is 0 Å². The zero-order valence-electron chi connectivity index (χ0n) is 8.13. The number of hydrogen-bond donors (Lipinski definition) is 0. The highest BCUT2D eigenvalue weighted by Gasteiger charge is 2.13. The molecule has 0 atom stereocenters. The molecule has 1 heterocycles. The first-order valence-electron chi connectivity index (χ1n) is 4.49. The molecule has 0 saturated heterocycles. The molecule has 0 fully saturated rings. The molecule has 1 aromatic carbocycles. The number of halogens is 2. The van der Waals surface area contributed by atoms with E-state index in [1.165, 1.54) is 0 Å². The molecule has 2 aromatic rings. The predicted molar refractivity (Wildman–Crippen MR) is 61.2 cm³/mol. The Morgan fingerprint density at radius 1 is 1.27 bits per heavy atom. The van der Waals surface area contributed by atoms with Crippen LogP contribution in [0.25, 0.3) is 11.3 Å². The highest BCUT2D eigenvalue weighted by Crippen LogP contribution is 2.27. The first-order valence-corrected chi connectivity index (χ1v) is 5.40. The number of benzene rings is 1. The van der Waals surface area contributed by atoms with Crippen molar-refractivity contribution in [1.82, 2.24) is 5.16 Å². The molecule has 78 valence electrons. The normalized spacial score (nSPS) is 10.6. The molecule has 0 amide bonds. The van der Waals surface area contributed by atoms with Gasteiger partial charge in [0.25, 0.3) is 0 Å². The van der Waals surface area contributed by atoms with Crippen molar-refractivity contribution in [3.63, 3.8) is 0 Å². The number of alkyl halides is 1. The quantitative estimate of drug-likeness (QED) is 0.742. The van der Waals surface area contributed by atoms with Gasteiger partial charge < -0.3 is 4.52 Å². The Morgan fingerprint density at radius 3 is 2.53 bits per heavy atom. The molecular formula is C11H9Cl2NO. The lowest BCUT2D eigenvalue weighted by Crippen LogP contribution is -1.84. The summed E-state index contributed by atoms with van der Waals surface area (Å²) in [6.45, 7) is 1.85. The second-order valence-electron chi connectivity index (χ2n) is 3.21. The average molecular weight is 242 g/mol. The fourth-order valence-corrected chi connectivity index (χ4v) is 1.82. The van der Waals surface area contributed by atoms with Gasteiger partial charge in [-0.25, -0.2) is 0 Å². The van der Waals surface area contributed by atoms with E-state index in [9.17, 15) is 0 Å². The molecule has 0 unspecified atom stereocenters. The lowest BCUT2D eigenvalue weighted by atomic mass is 10.1. The predicted octanol–water partition coefficient (Wildman–Crippen LogP) is 4.04. The Labute approximate surface area is 97.8 Å². The van der Waals surface area contributed by atoms with E-state index >= 15 is 0 Å². The van der Waals surface area contributed by atoms with Crippen LogP contribution in [0.2, 0.25) is 5.02 Å². The van der Waals surface area contributed by atoms with Gasteiger partial charge in [-0.05, 0) is 19.1 Å². The van der Waals surface area contributed by atoms with Gasteiger partial charge in [0.15, 0.2) is 0 Å². The van der Waals surface area contributed by atoms with E-state index in [0.29, 0.717) is 10.9 Å². The summed E-state index contributed by atoms with van der Waals surface area (Å²) in [4.78, 5) is 0.